The van der Waals surface area contributed by atoms with E-state index in [-0.39, 0.29) is 0 Å². The largest absolute Gasteiger partial charge is 0.481 e. The Morgan fingerprint density at radius 3 is 2.44 bits per heavy atom. The molecule has 0 fully saturated rings. The van der Waals surface area contributed by atoms with Crippen LogP contribution in [0.3, 0.4) is 0 Å². The summed E-state index contributed by atoms with van der Waals surface area (Å²) in [6.07, 6.45) is 2.15. The summed E-state index contributed by atoms with van der Waals surface area (Å²) in [7, 11) is 1.31. The van der Waals surface area contributed by atoms with Crippen LogP contribution in [0.25, 0.3) is 10.9 Å². The van der Waals surface area contributed by atoms with Gasteiger partial charge in [-0.3, -0.25) is 9.36 Å². The molecule has 25 heavy (non-hydrogen) atoms. The van der Waals surface area contributed by atoms with Gasteiger partial charge in [0.05, 0.1) is 18.5 Å². The van der Waals surface area contributed by atoms with Crippen LogP contribution < -0.4 is 0 Å². The number of aryl methyl sites for hydroxylation is 1. The Labute approximate surface area is 145 Å². The maximum absolute atomic E-state index is 12.0. The predicted molar refractivity (Wildman–Crippen MR) is 94.9 cm³/mol. The normalized spacial score (nSPS) is 12.0. The number of aliphatic carboxylic acids is 1. The SMILES string of the molecule is COC(=O)n1cc(C(CCc2ccccc2)C(=O)O)c2ccccc21. The molecule has 1 aromatic heterocycles. The lowest BCUT2D eigenvalue weighted by atomic mass is 9.92. The fourth-order valence-electron chi connectivity index (χ4n) is 3.10. The fraction of sp³-hybridized carbons (Fsp3) is 0.200. The van der Waals surface area contributed by atoms with Gasteiger partial charge in [-0.2, -0.15) is 0 Å². The highest BCUT2D eigenvalue weighted by Gasteiger charge is 2.25. The monoisotopic (exact) mass is 337 g/mol. The van der Waals surface area contributed by atoms with Crippen molar-refractivity contribution in [3.63, 3.8) is 0 Å². The molecule has 0 bridgehead atoms. The van der Waals surface area contributed by atoms with E-state index in [0.717, 1.165) is 10.9 Å². The van der Waals surface area contributed by atoms with E-state index < -0.39 is 18.0 Å². The van der Waals surface area contributed by atoms with Gasteiger partial charge >= 0.3 is 12.1 Å². The molecule has 0 amide bonds. The molecule has 0 radical (unpaired) electrons. The third-order valence-electron chi connectivity index (χ3n) is 4.35. The maximum Gasteiger partial charge on any atom is 0.418 e. The fourth-order valence-corrected chi connectivity index (χ4v) is 3.10. The second kappa shape index (κ2) is 7.21. The number of para-hydroxylation sites is 1. The smallest absolute Gasteiger partial charge is 0.418 e. The molecule has 0 spiro atoms. The van der Waals surface area contributed by atoms with Gasteiger partial charge in [0.1, 0.15) is 0 Å². The molecule has 0 aliphatic heterocycles. The number of carboxylic acid groups (broad SMARTS) is 1. The average molecular weight is 337 g/mol. The highest BCUT2D eigenvalue weighted by atomic mass is 16.5. The number of rotatable bonds is 5. The molecule has 2 aromatic carbocycles. The Morgan fingerprint density at radius 2 is 1.76 bits per heavy atom. The van der Waals surface area contributed by atoms with E-state index in [1.54, 1.807) is 12.3 Å². The zero-order valence-corrected chi connectivity index (χ0v) is 13.9. The molecule has 5 heteroatoms. The molecular weight excluding hydrogens is 318 g/mol. The molecule has 128 valence electrons. The number of nitrogens with zero attached hydrogens (tertiary/aromatic N) is 1. The quantitative estimate of drug-likeness (QED) is 0.762. The number of ether oxygens (including phenoxy) is 1. The summed E-state index contributed by atoms with van der Waals surface area (Å²) in [6, 6.07) is 17.0. The minimum absolute atomic E-state index is 0.453. The highest BCUT2D eigenvalue weighted by Crippen LogP contribution is 2.31. The molecule has 1 atom stereocenters. The van der Waals surface area contributed by atoms with Crippen LogP contribution in [-0.2, 0) is 16.0 Å². The minimum atomic E-state index is -0.899. The van der Waals surface area contributed by atoms with Crippen molar-refractivity contribution in [3.05, 3.63) is 71.9 Å². The lowest BCUT2D eigenvalue weighted by Crippen LogP contribution is -2.13. The molecule has 0 aliphatic rings. The lowest BCUT2D eigenvalue weighted by Gasteiger charge is -2.11. The minimum Gasteiger partial charge on any atom is -0.481 e. The summed E-state index contributed by atoms with van der Waals surface area (Å²) >= 11 is 0. The first-order chi connectivity index (χ1) is 12.1. The number of carboxylic acids is 1. The predicted octanol–water partition coefficient (Wildman–Crippen LogP) is 4.06. The van der Waals surface area contributed by atoms with Gasteiger partial charge in [0.25, 0.3) is 0 Å². The number of aromatic nitrogens is 1. The summed E-state index contributed by atoms with van der Waals surface area (Å²) in [5, 5.41) is 10.5. The van der Waals surface area contributed by atoms with E-state index in [4.69, 9.17) is 4.74 Å². The Balaban J connectivity index is 1.99. The van der Waals surface area contributed by atoms with E-state index >= 15 is 0 Å². The molecule has 3 rings (SSSR count). The Hall–Kier alpha value is -3.08. The second-order valence-electron chi connectivity index (χ2n) is 5.86. The highest BCUT2D eigenvalue weighted by molar-refractivity contribution is 5.95. The molecule has 0 saturated heterocycles. The summed E-state index contributed by atoms with van der Waals surface area (Å²) < 4.78 is 6.17. The molecule has 1 N–H and O–H groups in total. The number of methoxy groups -OCH3 is 1. The Morgan fingerprint density at radius 1 is 1.08 bits per heavy atom. The number of carbonyl (C=O) groups excluding carboxylic acids is 1. The molecule has 0 saturated carbocycles. The summed E-state index contributed by atoms with van der Waals surface area (Å²) in [4.78, 5) is 23.9. The third kappa shape index (κ3) is 3.40. The zero-order valence-electron chi connectivity index (χ0n) is 13.9. The zero-order chi connectivity index (χ0) is 17.8. The topological polar surface area (TPSA) is 68.5 Å². The lowest BCUT2D eigenvalue weighted by molar-refractivity contribution is -0.138. The van der Waals surface area contributed by atoms with Crippen LogP contribution in [0.2, 0.25) is 0 Å². The van der Waals surface area contributed by atoms with Gasteiger partial charge in [-0.05, 0) is 30.0 Å². The van der Waals surface area contributed by atoms with E-state index in [1.165, 1.54) is 11.7 Å². The van der Waals surface area contributed by atoms with E-state index in [2.05, 4.69) is 0 Å². The second-order valence-corrected chi connectivity index (χ2v) is 5.86. The number of fused-ring (bicyclic) bond motifs is 1. The van der Waals surface area contributed by atoms with Gasteiger partial charge in [-0.1, -0.05) is 48.5 Å². The van der Waals surface area contributed by atoms with Crippen LogP contribution in [-0.4, -0.2) is 28.8 Å². The number of hydrogen-bond donors (Lipinski definition) is 1. The van der Waals surface area contributed by atoms with Crippen molar-refractivity contribution in [2.24, 2.45) is 0 Å². The van der Waals surface area contributed by atoms with Gasteiger partial charge < -0.3 is 9.84 Å². The molecule has 0 aliphatic carbocycles. The van der Waals surface area contributed by atoms with Crippen molar-refractivity contribution < 1.29 is 19.4 Å². The summed E-state index contributed by atoms with van der Waals surface area (Å²) in [5.41, 5.74) is 2.37. The first kappa shape index (κ1) is 16.8. The van der Waals surface area contributed by atoms with Crippen LogP contribution in [0.1, 0.15) is 23.5 Å². The van der Waals surface area contributed by atoms with Crippen molar-refractivity contribution in [2.75, 3.05) is 7.11 Å². The van der Waals surface area contributed by atoms with Crippen molar-refractivity contribution in [2.45, 2.75) is 18.8 Å². The van der Waals surface area contributed by atoms with Crippen molar-refractivity contribution in [3.8, 4) is 0 Å². The van der Waals surface area contributed by atoms with Gasteiger partial charge in [-0.25, -0.2) is 4.79 Å². The van der Waals surface area contributed by atoms with Crippen molar-refractivity contribution >= 4 is 23.0 Å². The summed E-state index contributed by atoms with van der Waals surface area (Å²) in [5.74, 6) is -1.60. The van der Waals surface area contributed by atoms with E-state index in [1.807, 2.05) is 48.5 Å². The van der Waals surface area contributed by atoms with Crippen LogP contribution in [0.15, 0.2) is 60.8 Å². The summed E-state index contributed by atoms with van der Waals surface area (Å²) in [6.45, 7) is 0. The number of hydrogen-bond acceptors (Lipinski definition) is 3. The maximum atomic E-state index is 12.0. The van der Waals surface area contributed by atoms with Crippen molar-refractivity contribution in [1.82, 2.24) is 4.57 Å². The van der Waals surface area contributed by atoms with Crippen molar-refractivity contribution in [1.29, 1.82) is 0 Å². The molecule has 3 aromatic rings. The average Bonchev–Trinajstić information content (AvgIpc) is 3.01. The first-order valence-electron chi connectivity index (χ1n) is 8.07. The van der Waals surface area contributed by atoms with Crippen LogP contribution in [0, 0.1) is 0 Å². The first-order valence-corrected chi connectivity index (χ1v) is 8.07. The van der Waals surface area contributed by atoms with Crippen LogP contribution in [0.4, 0.5) is 4.79 Å². The molecule has 5 nitrogen and oxygen atoms in total. The van der Waals surface area contributed by atoms with Gasteiger partial charge in [0.15, 0.2) is 0 Å². The molecule has 1 heterocycles. The Kier molecular flexibility index (Phi) is 4.84. The van der Waals surface area contributed by atoms with Gasteiger partial charge in [0.2, 0.25) is 0 Å². The number of benzene rings is 2. The van der Waals surface area contributed by atoms with E-state index in [0.29, 0.717) is 23.9 Å². The molecular formula is C20H19NO4. The van der Waals surface area contributed by atoms with Gasteiger partial charge in [-0.15, -0.1) is 0 Å². The third-order valence-corrected chi connectivity index (χ3v) is 4.35. The van der Waals surface area contributed by atoms with Crippen LogP contribution in [0.5, 0.6) is 0 Å². The Bertz CT molecular complexity index is 898. The standard InChI is InChI=1S/C20H19NO4/c1-25-20(24)21-13-17(15-9-5-6-10-18(15)21)16(19(22)23)12-11-14-7-3-2-4-8-14/h2-10,13,16H,11-12H2,1H3,(H,22,23). The van der Waals surface area contributed by atoms with E-state index in [9.17, 15) is 14.7 Å². The van der Waals surface area contributed by atoms with Gasteiger partial charge in [0, 0.05) is 11.6 Å². The molecule has 1 unspecified atom stereocenters. The van der Waals surface area contributed by atoms with Crippen LogP contribution >= 0.6 is 0 Å². The number of carbonyl (C=O) groups is 2.